The molecule has 9 heteroatoms. The minimum Gasteiger partial charge on any atom is -0.478 e. The maximum atomic E-state index is 13.4. The first kappa shape index (κ1) is 27.2. The highest BCUT2D eigenvalue weighted by molar-refractivity contribution is 6.10. The number of fused-ring (bicyclic) bond motifs is 1. The van der Waals surface area contributed by atoms with Gasteiger partial charge in [0.15, 0.2) is 0 Å². The van der Waals surface area contributed by atoms with E-state index in [1.54, 1.807) is 48.7 Å². The van der Waals surface area contributed by atoms with Crippen LogP contribution in [0.3, 0.4) is 0 Å². The highest BCUT2D eigenvalue weighted by atomic mass is 19.4. The van der Waals surface area contributed by atoms with E-state index in [1.165, 1.54) is 24.3 Å². The Morgan fingerprint density at radius 1 is 0.902 bits per heavy atom. The highest BCUT2D eigenvalue weighted by Gasteiger charge is 2.30. The number of nitriles is 1. The average Bonchev–Trinajstić information content (AvgIpc) is 3.39. The first-order chi connectivity index (χ1) is 19.6. The zero-order valence-electron chi connectivity index (χ0n) is 21.4. The molecule has 0 unspecified atom stereocenters. The van der Waals surface area contributed by atoms with Gasteiger partial charge in [-0.05, 0) is 70.8 Å². The van der Waals surface area contributed by atoms with Crippen molar-refractivity contribution in [3.63, 3.8) is 0 Å². The quantitative estimate of drug-likeness (QED) is 0.230. The van der Waals surface area contributed by atoms with E-state index < -0.39 is 17.7 Å². The molecule has 0 aliphatic carbocycles. The summed E-state index contributed by atoms with van der Waals surface area (Å²) in [6.07, 6.45) is -2.66. The molecule has 0 radical (unpaired) electrons. The van der Waals surface area contributed by atoms with Crippen LogP contribution in [0.4, 0.5) is 13.2 Å². The SMILES string of the molecule is N#Cc1cccc(-c2ccc(C(=O)NCc3ccc(C(=O)O)cc3)c3c2ccn3Cc2ccc(C(F)(F)F)cc2)c1. The van der Waals surface area contributed by atoms with Crippen molar-refractivity contribution >= 4 is 22.8 Å². The van der Waals surface area contributed by atoms with E-state index in [-0.39, 0.29) is 24.6 Å². The van der Waals surface area contributed by atoms with Gasteiger partial charge in [0, 0.05) is 24.7 Å². The van der Waals surface area contributed by atoms with Gasteiger partial charge in [-0.2, -0.15) is 18.4 Å². The Bertz CT molecular complexity index is 1800. The number of rotatable bonds is 7. The van der Waals surface area contributed by atoms with Gasteiger partial charge in [-0.15, -0.1) is 0 Å². The zero-order valence-corrected chi connectivity index (χ0v) is 21.4. The second-order valence-electron chi connectivity index (χ2n) is 9.44. The van der Waals surface area contributed by atoms with Crippen LogP contribution in [-0.4, -0.2) is 21.6 Å². The van der Waals surface area contributed by atoms with Crippen LogP contribution in [0.15, 0.2) is 97.2 Å². The van der Waals surface area contributed by atoms with Gasteiger partial charge in [-0.1, -0.05) is 42.5 Å². The molecule has 1 heterocycles. The summed E-state index contributed by atoms with van der Waals surface area (Å²) in [4.78, 5) is 24.5. The van der Waals surface area contributed by atoms with E-state index in [0.29, 0.717) is 27.8 Å². The van der Waals surface area contributed by atoms with Gasteiger partial charge in [0.05, 0.1) is 33.8 Å². The minimum atomic E-state index is -4.44. The molecule has 1 amide bonds. The number of benzene rings is 4. The molecule has 0 saturated carbocycles. The van der Waals surface area contributed by atoms with Crippen molar-refractivity contribution in [3.05, 3.63) is 131 Å². The summed E-state index contributed by atoms with van der Waals surface area (Å²) < 4.78 is 41.0. The maximum Gasteiger partial charge on any atom is 0.416 e. The Kier molecular flexibility index (Phi) is 7.32. The molecule has 0 saturated heterocycles. The van der Waals surface area contributed by atoms with Crippen molar-refractivity contribution in [3.8, 4) is 17.2 Å². The highest BCUT2D eigenvalue weighted by Crippen LogP contribution is 2.33. The van der Waals surface area contributed by atoms with Crippen LogP contribution in [0.25, 0.3) is 22.0 Å². The Morgan fingerprint density at radius 3 is 2.27 bits per heavy atom. The van der Waals surface area contributed by atoms with Crippen LogP contribution in [0.5, 0.6) is 0 Å². The average molecular weight is 554 g/mol. The first-order valence-corrected chi connectivity index (χ1v) is 12.5. The molecule has 204 valence electrons. The van der Waals surface area contributed by atoms with E-state index in [0.717, 1.165) is 28.6 Å². The van der Waals surface area contributed by atoms with E-state index in [2.05, 4.69) is 11.4 Å². The van der Waals surface area contributed by atoms with Gasteiger partial charge in [0.2, 0.25) is 0 Å². The molecule has 41 heavy (non-hydrogen) atoms. The number of carbonyl (C=O) groups excluding carboxylic acids is 1. The van der Waals surface area contributed by atoms with Crippen molar-refractivity contribution in [2.24, 2.45) is 0 Å². The number of carboxylic acids is 1. The molecule has 2 N–H and O–H groups in total. The second kappa shape index (κ2) is 11.0. The molecular formula is C32H22F3N3O3. The number of aromatic carboxylic acids is 1. The van der Waals surface area contributed by atoms with Gasteiger partial charge in [-0.3, -0.25) is 4.79 Å². The number of carboxylic acid groups (broad SMARTS) is 1. The standard InChI is InChI=1S/C32H22F3N3O3/c33-32(34,35)25-10-6-21(7-11-25)19-38-15-14-27-26(24-3-1-2-22(16-24)17-36)12-13-28(29(27)38)30(39)37-18-20-4-8-23(9-5-20)31(40)41/h1-16H,18-19H2,(H,37,39)(H,40,41). The lowest BCUT2D eigenvalue weighted by Crippen LogP contribution is -2.23. The number of hydrogen-bond acceptors (Lipinski definition) is 3. The van der Waals surface area contributed by atoms with E-state index in [9.17, 15) is 28.0 Å². The van der Waals surface area contributed by atoms with Crippen LogP contribution in [0.1, 0.15) is 43.0 Å². The molecular weight excluding hydrogens is 531 g/mol. The largest absolute Gasteiger partial charge is 0.478 e. The number of aromatic nitrogens is 1. The van der Waals surface area contributed by atoms with Crippen molar-refractivity contribution in [2.45, 2.75) is 19.3 Å². The Labute approximate surface area is 232 Å². The molecule has 0 aliphatic heterocycles. The predicted octanol–water partition coefficient (Wildman–Crippen LogP) is 6.88. The van der Waals surface area contributed by atoms with E-state index in [1.807, 2.05) is 16.7 Å². The Hall–Kier alpha value is -5.36. The lowest BCUT2D eigenvalue weighted by molar-refractivity contribution is -0.137. The summed E-state index contributed by atoms with van der Waals surface area (Å²) in [7, 11) is 0. The predicted molar refractivity (Wildman–Crippen MR) is 147 cm³/mol. The molecule has 0 spiro atoms. The van der Waals surface area contributed by atoms with Crippen LogP contribution < -0.4 is 5.32 Å². The normalized spacial score (nSPS) is 11.3. The first-order valence-electron chi connectivity index (χ1n) is 12.5. The van der Waals surface area contributed by atoms with Crippen LogP contribution in [0, 0.1) is 11.3 Å². The fourth-order valence-electron chi connectivity index (χ4n) is 4.69. The molecule has 5 aromatic rings. The number of halogens is 3. The third-order valence-electron chi connectivity index (χ3n) is 6.76. The molecule has 5 rings (SSSR count). The molecule has 0 fully saturated rings. The zero-order chi connectivity index (χ0) is 29.1. The Morgan fingerprint density at radius 2 is 1.61 bits per heavy atom. The summed E-state index contributed by atoms with van der Waals surface area (Å²) in [6, 6.07) is 25.6. The third-order valence-corrected chi connectivity index (χ3v) is 6.76. The lowest BCUT2D eigenvalue weighted by Gasteiger charge is -2.14. The summed E-state index contributed by atoms with van der Waals surface area (Å²) in [6.45, 7) is 0.381. The molecule has 0 aliphatic rings. The number of carbonyl (C=O) groups is 2. The van der Waals surface area contributed by atoms with E-state index in [4.69, 9.17) is 5.11 Å². The number of alkyl halides is 3. The topological polar surface area (TPSA) is 95.1 Å². The lowest BCUT2D eigenvalue weighted by atomic mass is 9.97. The number of hydrogen-bond donors (Lipinski definition) is 2. The second-order valence-corrected chi connectivity index (χ2v) is 9.44. The van der Waals surface area contributed by atoms with Gasteiger partial charge in [-0.25, -0.2) is 4.79 Å². The Balaban J connectivity index is 1.52. The number of nitrogens with zero attached hydrogens (tertiary/aromatic N) is 2. The van der Waals surface area contributed by atoms with Crippen molar-refractivity contribution in [1.82, 2.24) is 9.88 Å². The van der Waals surface area contributed by atoms with Crippen LogP contribution in [0.2, 0.25) is 0 Å². The fourth-order valence-corrected chi connectivity index (χ4v) is 4.69. The van der Waals surface area contributed by atoms with Crippen LogP contribution in [-0.2, 0) is 19.3 Å². The van der Waals surface area contributed by atoms with Crippen molar-refractivity contribution in [2.75, 3.05) is 0 Å². The summed E-state index contributed by atoms with van der Waals surface area (Å²) >= 11 is 0. The fraction of sp³-hybridized carbons (Fsp3) is 0.0938. The molecule has 6 nitrogen and oxygen atoms in total. The molecule has 0 bridgehead atoms. The van der Waals surface area contributed by atoms with Crippen molar-refractivity contribution in [1.29, 1.82) is 5.26 Å². The van der Waals surface area contributed by atoms with Gasteiger partial charge >= 0.3 is 12.1 Å². The van der Waals surface area contributed by atoms with Crippen molar-refractivity contribution < 1.29 is 27.9 Å². The summed E-state index contributed by atoms with van der Waals surface area (Å²) in [5.74, 6) is -1.42. The molecule has 1 aromatic heterocycles. The minimum absolute atomic E-state index is 0.138. The molecule has 0 atom stereocenters. The smallest absolute Gasteiger partial charge is 0.416 e. The van der Waals surface area contributed by atoms with Gasteiger partial charge in [0.1, 0.15) is 0 Å². The summed E-state index contributed by atoms with van der Waals surface area (Å²) in [5, 5.41) is 22.1. The number of nitrogens with one attached hydrogen (secondary N) is 1. The molecule has 4 aromatic carbocycles. The third kappa shape index (κ3) is 5.82. The maximum absolute atomic E-state index is 13.4. The monoisotopic (exact) mass is 553 g/mol. The van der Waals surface area contributed by atoms with Gasteiger partial charge < -0.3 is 15.0 Å². The van der Waals surface area contributed by atoms with E-state index >= 15 is 0 Å². The van der Waals surface area contributed by atoms with Crippen LogP contribution >= 0.6 is 0 Å². The summed E-state index contributed by atoms with van der Waals surface area (Å²) in [5.41, 5.74) is 3.74. The van der Waals surface area contributed by atoms with Gasteiger partial charge in [0.25, 0.3) is 5.91 Å². The number of amides is 1.